The molecular formula is C26H32N2O4. The molecule has 6 nitrogen and oxygen atoms in total. The number of ketones is 1. The number of nitrogens with zero attached hydrogens (tertiary/aromatic N) is 1. The van der Waals surface area contributed by atoms with Crippen LogP contribution in [0.2, 0.25) is 0 Å². The summed E-state index contributed by atoms with van der Waals surface area (Å²) in [5.74, 6) is 1.64. The van der Waals surface area contributed by atoms with Gasteiger partial charge in [0.25, 0.3) is 0 Å². The van der Waals surface area contributed by atoms with E-state index in [2.05, 4.69) is 25.4 Å². The number of benzene rings is 1. The van der Waals surface area contributed by atoms with E-state index >= 15 is 0 Å². The van der Waals surface area contributed by atoms with Crippen LogP contribution in [0.5, 0.6) is 17.2 Å². The first-order valence-corrected chi connectivity index (χ1v) is 10.8. The zero-order chi connectivity index (χ0) is 23.3. The molecular weight excluding hydrogens is 404 g/mol. The number of hydrogen-bond acceptors (Lipinski definition) is 6. The predicted molar refractivity (Wildman–Crippen MR) is 128 cm³/mol. The Morgan fingerprint density at radius 2 is 1.72 bits per heavy atom. The van der Waals surface area contributed by atoms with Crippen molar-refractivity contribution in [1.82, 2.24) is 5.32 Å². The van der Waals surface area contributed by atoms with Crippen LogP contribution < -0.4 is 19.5 Å². The van der Waals surface area contributed by atoms with E-state index in [4.69, 9.17) is 19.2 Å². The number of carbonyl (C=O) groups excluding carboxylic acids is 1. The number of Topliss-reactive ketones (excluding diaryl/α,β-unsaturated/α-hetero) is 1. The summed E-state index contributed by atoms with van der Waals surface area (Å²) in [6.45, 7) is 9.96. The number of rotatable bonds is 8. The Morgan fingerprint density at radius 1 is 1.09 bits per heavy atom. The Labute approximate surface area is 190 Å². The lowest BCUT2D eigenvalue weighted by Gasteiger charge is -2.32. The van der Waals surface area contributed by atoms with Crippen LogP contribution in [0.3, 0.4) is 0 Å². The molecule has 6 heteroatoms. The quantitative estimate of drug-likeness (QED) is 0.566. The molecule has 32 heavy (non-hydrogen) atoms. The van der Waals surface area contributed by atoms with Crippen molar-refractivity contribution >= 4 is 17.2 Å². The smallest absolute Gasteiger partial charge is 0.203 e. The second-order valence-corrected chi connectivity index (χ2v) is 8.29. The summed E-state index contributed by atoms with van der Waals surface area (Å²) in [4.78, 5) is 18.4. The highest BCUT2D eigenvalue weighted by molar-refractivity contribution is 6.31. The van der Waals surface area contributed by atoms with Crippen LogP contribution in [0.1, 0.15) is 44.6 Å². The third kappa shape index (κ3) is 4.49. The van der Waals surface area contributed by atoms with Crippen molar-refractivity contribution in [2.45, 2.75) is 39.0 Å². The van der Waals surface area contributed by atoms with Crippen molar-refractivity contribution in [3.05, 3.63) is 60.5 Å². The molecule has 1 aromatic rings. The minimum Gasteiger partial charge on any atom is -0.493 e. The summed E-state index contributed by atoms with van der Waals surface area (Å²) >= 11 is 0. The van der Waals surface area contributed by atoms with Crippen molar-refractivity contribution in [2.75, 3.05) is 21.3 Å². The Morgan fingerprint density at radius 3 is 2.25 bits per heavy atom. The SMILES string of the molecule is C=C/C=C(\N=C1C(=C)NC=C1C(=O)C1(C)CCCCC1)c1cc(OC)c(OC)c(OC)c1. The van der Waals surface area contributed by atoms with Crippen LogP contribution in [-0.2, 0) is 4.79 Å². The summed E-state index contributed by atoms with van der Waals surface area (Å²) < 4.78 is 16.4. The fourth-order valence-corrected chi connectivity index (χ4v) is 4.30. The van der Waals surface area contributed by atoms with E-state index in [9.17, 15) is 4.79 Å². The molecule has 0 spiro atoms. The molecule has 0 unspecified atom stereocenters. The molecule has 3 rings (SSSR count). The molecule has 1 fully saturated rings. The van der Waals surface area contributed by atoms with Gasteiger partial charge in [-0.1, -0.05) is 45.4 Å². The van der Waals surface area contributed by atoms with Crippen molar-refractivity contribution < 1.29 is 19.0 Å². The Kier molecular flexibility index (Phi) is 7.23. The molecule has 0 radical (unpaired) electrons. The summed E-state index contributed by atoms with van der Waals surface area (Å²) in [5.41, 5.74) is 2.68. The third-order valence-electron chi connectivity index (χ3n) is 6.15. The first-order valence-electron chi connectivity index (χ1n) is 10.8. The van der Waals surface area contributed by atoms with Gasteiger partial charge in [0.15, 0.2) is 17.3 Å². The zero-order valence-corrected chi connectivity index (χ0v) is 19.4. The normalized spacial score (nSPS) is 19.2. The molecule has 1 aromatic carbocycles. The highest BCUT2D eigenvalue weighted by Gasteiger charge is 2.39. The summed E-state index contributed by atoms with van der Waals surface area (Å²) in [5, 5.41) is 3.09. The van der Waals surface area contributed by atoms with E-state index in [0.29, 0.717) is 39.9 Å². The van der Waals surface area contributed by atoms with Crippen LogP contribution in [0.25, 0.3) is 5.70 Å². The van der Waals surface area contributed by atoms with Crippen LogP contribution in [0.15, 0.2) is 59.9 Å². The molecule has 170 valence electrons. The Hall–Kier alpha value is -3.28. The Bertz CT molecular complexity index is 986. The van der Waals surface area contributed by atoms with Crippen molar-refractivity contribution in [2.24, 2.45) is 10.4 Å². The van der Waals surface area contributed by atoms with Gasteiger partial charge in [-0.05, 0) is 31.1 Å². The monoisotopic (exact) mass is 436 g/mol. The molecule has 1 aliphatic heterocycles. The van der Waals surface area contributed by atoms with E-state index < -0.39 is 0 Å². The lowest BCUT2D eigenvalue weighted by Crippen LogP contribution is -2.33. The van der Waals surface area contributed by atoms with Crippen LogP contribution >= 0.6 is 0 Å². The minimum atomic E-state index is -0.369. The second kappa shape index (κ2) is 9.90. The van der Waals surface area contributed by atoms with Gasteiger partial charge in [-0.25, -0.2) is 4.99 Å². The fraction of sp³-hybridized carbons (Fsp3) is 0.385. The van der Waals surface area contributed by atoms with Crippen molar-refractivity contribution in [1.29, 1.82) is 0 Å². The molecule has 0 aromatic heterocycles. The summed E-state index contributed by atoms with van der Waals surface area (Å²) in [6, 6.07) is 3.64. The topological polar surface area (TPSA) is 69.2 Å². The molecule has 1 saturated carbocycles. The van der Waals surface area contributed by atoms with Crippen molar-refractivity contribution in [3.63, 3.8) is 0 Å². The average molecular weight is 437 g/mol. The van der Waals surface area contributed by atoms with E-state index in [0.717, 1.165) is 31.2 Å². The molecule has 0 amide bonds. The van der Waals surface area contributed by atoms with Crippen molar-refractivity contribution in [3.8, 4) is 17.2 Å². The zero-order valence-electron chi connectivity index (χ0n) is 19.4. The summed E-state index contributed by atoms with van der Waals surface area (Å²) in [7, 11) is 4.69. The first kappa shape index (κ1) is 23.4. The number of methoxy groups -OCH3 is 3. The summed E-state index contributed by atoms with van der Waals surface area (Å²) in [6.07, 6.45) is 10.3. The fourth-order valence-electron chi connectivity index (χ4n) is 4.30. The van der Waals surface area contributed by atoms with E-state index in [1.165, 1.54) is 6.42 Å². The van der Waals surface area contributed by atoms with E-state index in [1.54, 1.807) is 39.7 Å². The molecule has 0 atom stereocenters. The van der Waals surface area contributed by atoms with Gasteiger partial charge >= 0.3 is 0 Å². The minimum absolute atomic E-state index is 0.116. The number of ether oxygens (including phenoxy) is 3. The standard InChI is InChI=1S/C26H32N2O4/c1-7-11-20(18-14-21(30-4)24(32-6)22(15-18)31-5)28-23-17(2)27-16-19(23)25(29)26(3)12-9-8-10-13-26/h7,11,14-16,27H,1-2,8-10,12-13H2,3-6H3/b20-11-,28-23?. The number of aliphatic imine (C=N–C) groups is 1. The predicted octanol–water partition coefficient (Wildman–Crippen LogP) is 5.22. The maximum atomic E-state index is 13.5. The third-order valence-corrected chi connectivity index (χ3v) is 6.15. The number of nitrogens with one attached hydrogen (secondary N) is 1. The lowest BCUT2D eigenvalue weighted by molar-refractivity contribution is -0.125. The lowest BCUT2D eigenvalue weighted by atomic mass is 9.70. The number of allylic oxidation sites excluding steroid dienone is 3. The van der Waals surface area contributed by atoms with Gasteiger partial charge in [0.1, 0.15) is 0 Å². The van der Waals surface area contributed by atoms with Crippen LogP contribution in [0.4, 0.5) is 0 Å². The van der Waals surface area contributed by atoms with Crippen LogP contribution in [0, 0.1) is 5.41 Å². The van der Waals surface area contributed by atoms with Gasteiger partial charge in [0, 0.05) is 17.2 Å². The first-order chi connectivity index (χ1) is 15.4. The maximum Gasteiger partial charge on any atom is 0.203 e. The maximum absolute atomic E-state index is 13.5. The van der Waals surface area contributed by atoms with Gasteiger partial charge in [-0.15, -0.1) is 0 Å². The second-order valence-electron chi connectivity index (χ2n) is 8.29. The molecule has 0 saturated heterocycles. The molecule has 0 bridgehead atoms. The Balaban J connectivity index is 2.05. The van der Waals surface area contributed by atoms with Gasteiger partial charge in [0.05, 0.1) is 44.0 Å². The highest BCUT2D eigenvalue weighted by Crippen LogP contribution is 2.42. The van der Waals surface area contributed by atoms with Gasteiger partial charge in [0.2, 0.25) is 5.75 Å². The molecule has 2 aliphatic rings. The van der Waals surface area contributed by atoms with E-state index in [-0.39, 0.29) is 11.2 Å². The van der Waals surface area contributed by atoms with Crippen LogP contribution in [-0.4, -0.2) is 32.8 Å². The van der Waals surface area contributed by atoms with E-state index in [1.807, 2.05) is 12.1 Å². The molecule has 1 heterocycles. The largest absolute Gasteiger partial charge is 0.493 e. The molecule has 1 aliphatic carbocycles. The number of hydrogen-bond donors (Lipinski definition) is 1. The number of carbonyl (C=O) groups is 1. The molecule has 1 N–H and O–H groups in total. The van der Waals surface area contributed by atoms with Gasteiger partial charge in [-0.2, -0.15) is 0 Å². The highest BCUT2D eigenvalue weighted by atomic mass is 16.5. The van der Waals surface area contributed by atoms with Gasteiger partial charge in [-0.3, -0.25) is 4.79 Å². The van der Waals surface area contributed by atoms with Gasteiger partial charge < -0.3 is 19.5 Å². The average Bonchev–Trinajstić information content (AvgIpc) is 3.17.